The van der Waals surface area contributed by atoms with Crippen LogP contribution in [0.1, 0.15) is 26.4 Å². The van der Waals surface area contributed by atoms with Crippen molar-refractivity contribution in [2.45, 2.75) is 6.18 Å². The summed E-state index contributed by atoms with van der Waals surface area (Å²) in [7, 11) is -2.49. The Bertz CT molecular complexity index is 1710. The second-order valence-electron chi connectivity index (χ2n) is 8.39. The predicted molar refractivity (Wildman–Crippen MR) is 136 cm³/mol. The number of rotatable bonds is 7. The zero-order valence-electron chi connectivity index (χ0n) is 20.0. The summed E-state index contributed by atoms with van der Waals surface area (Å²) in [6.07, 6.45) is -3.83. The highest BCUT2D eigenvalue weighted by molar-refractivity contribution is 7.92. The van der Waals surface area contributed by atoms with E-state index in [-0.39, 0.29) is 39.5 Å². The monoisotopic (exact) mass is 546 g/mol. The Morgan fingerprint density at radius 3 is 2.26 bits per heavy atom. The highest BCUT2D eigenvalue weighted by atomic mass is 32.2. The zero-order valence-corrected chi connectivity index (χ0v) is 20.8. The van der Waals surface area contributed by atoms with Crippen LogP contribution < -0.4 is 20.9 Å². The van der Waals surface area contributed by atoms with Gasteiger partial charge in [0.25, 0.3) is 11.8 Å². The molecule has 1 heterocycles. The molecule has 4 rings (SSSR count). The van der Waals surface area contributed by atoms with Gasteiger partial charge in [0, 0.05) is 11.1 Å². The molecule has 0 unspecified atom stereocenters. The van der Waals surface area contributed by atoms with Crippen LogP contribution in [0, 0.1) is 0 Å². The number of hydrogen-bond donors (Lipinski definition) is 3. The molecule has 0 aliphatic carbocycles. The number of nitrogens with zero attached hydrogens (tertiary/aromatic N) is 1. The molecule has 0 radical (unpaired) electrons. The summed E-state index contributed by atoms with van der Waals surface area (Å²) in [5, 5.41) is 0.527. The number of nitrogens with two attached hydrogens (primary N) is 2. The Kier molecular flexibility index (Phi) is 6.57. The fourth-order valence-corrected chi connectivity index (χ4v) is 4.72. The lowest BCUT2D eigenvalue weighted by molar-refractivity contribution is -0.137. The van der Waals surface area contributed by atoms with Crippen LogP contribution in [0.15, 0.2) is 60.7 Å². The topological polar surface area (TPSA) is 147 Å². The maximum atomic E-state index is 14.0. The molecule has 5 N–H and O–H groups in total. The Morgan fingerprint density at radius 1 is 0.974 bits per heavy atom. The minimum Gasteiger partial charge on any atom is -0.496 e. The highest BCUT2D eigenvalue weighted by Gasteiger charge is 2.35. The molecule has 38 heavy (non-hydrogen) atoms. The summed E-state index contributed by atoms with van der Waals surface area (Å²) >= 11 is 0. The normalized spacial score (nSPS) is 11.9. The molecule has 13 heteroatoms. The molecule has 0 saturated heterocycles. The van der Waals surface area contributed by atoms with E-state index in [4.69, 9.17) is 16.2 Å². The van der Waals surface area contributed by atoms with E-state index in [2.05, 4.69) is 4.72 Å². The van der Waals surface area contributed by atoms with Crippen LogP contribution >= 0.6 is 0 Å². The molecule has 3 aromatic carbocycles. The van der Waals surface area contributed by atoms with Crippen molar-refractivity contribution in [2.75, 3.05) is 18.1 Å². The first-order valence-electron chi connectivity index (χ1n) is 10.8. The van der Waals surface area contributed by atoms with Gasteiger partial charge >= 0.3 is 6.18 Å². The third-order valence-electron chi connectivity index (χ3n) is 5.69. The number of anilines is 1. The van der Waals surface area contributed by atoms with Gasteiger partial charge < -0.3 is 20.8 Å². The minimum absolute atomic E-state index is 0.0113. The Hall–Kier alpha value is -4.52. The highest BCUT2D eigenvalue weighted by Crippen LogP contribution is 2.41. The molecule has 0 spiro atoms. The maximum absolute atomic E-state index is 14.0. The summed E-state index contributed by atoms with van der Waals surface area (Å²) in [4.78, 5) is 24.2. The number of carbonyl (C=O) groups excluding carboxylic acids is 2. The van der Waals surface area contributed by atoms with Gasteiger partial charge in [0.1, 0.15) is 11.4 Å². The summed E-state index contributed by atoms with van der Waals surface area (Å²) in [6, 6.07) is 13.5. The molecule has 0 bridgehead atoms. The number of ether oxygens (including phenoxy) is 1. The van der Waals surface area contributed by atoms with Gasteiger partial charge in [-0.25, -0.2) is 8.42 Å². The SMILES string of the molecule is COc1cc(C(F)(F)F)c(-c2cccc(-n3c(C(N)=O)cc4ccc(NS(C)(=O)=O)cc43)c2)cc1C(N)=O. The van der Waals surface area contributed by atoms with Crippen molar-refractivity contribution < 1.29 is 35.9 Å². The molecule has 0 saturated carbocycles. The quantitative estimate of drug-likeness (QED) is 0.322. The van der Waals surface area contributed by atoms with E-state index < -0.39 is 33.6 Å². The number of amides is 2. The fraction of sp³-hybridized carbons (Fsp3) is 0.120. The first-order chi connectivity index (χ1) is 17.7. The summed E-state index contributed by atoms with van der Waals surface area (Å²) in [5.74, 6) is -2.13. The number of primary amides is 2. The van der Waals surface area contributed by atoms with Crippen molar-refractivity contribution >= 4 is 38.4 Å². The van der Waals surface area contributed by atoms with Crippen molar-refractivity contribution in [3.05, 3.63) is 77.5 Å². The van der Waals surface area contributed by atoms with Crippen LogP contribution in [0.4, 0.5) is 18.9 Å². The number of fused-ring (bicyclic) bond motifs is 1. The van der Waals surface area contributed by atoms with Gasteiger partial charge in [-0.15, -0.1) is 0 Å². The lowest BCUT2D eigenvalue weighted by atomic mass is 9.95. The van der Waals surface area contributed by atoms with Crippen molar-refractivity contribution in [3.63, 3.8) is 0 Å². The van der Waals surface area contributed by atoms with E-state index in [0.29, 0.717) is 17.0 Å². The van der Waals surface area contributed by atoms with E-state index >= 15 is 0 Å². The van der Waals surface area contributed by atoms with Crippen molar-refractivity contribution in [3.8, 4) is 22.6 Å². The predicted octanol–water partition coefficient (Wildman–Crippen LogP) is 3.89. The molecule has 4 aromatic rings. The summed E-state index contributed by atoms with van der Waals surface area (Å²) in [6.45, 7) is 0. The third kappa shape index (κ3) is 5.13. The van der Waals surface area contributed by atoms with Crippen LogP contribution in [0.25, 0.3) is 27.7 Å². The smallest absolute Gasteiger partial charge is 0.417 e. The second kappa shape index (κ2) is 9.41. The van der Waals surface area contributed by atoms with E-state index in [1.165, 1.54) is 47.0 Å². The van der Waals surface area contributed by atoms with Crippen LogP contribution in [-0.4, -0.2) is 38.2 Å². The number of halogens is 3. The molecule has 1 aromatic heterocycles. The first kappa shape index (κ1) is 26.5. The zero-order chi connectivity index (χ0) is 28.0. The van der Waals surface area contributed by atoms with Gasteiger partial charge in [-0.2, -0.15) is 13.2 Å². The number of aromatic nitrogens is 1. The molecule has 9 nitrogen and oxygen atoms in total. The number of alkyl halides is 3. The summed E-state index contributed by atoms with van der Waals surface area (Å²) in [5.41, 5.74) is 10.2. The number of hydrogen-bond acceptors (Lipinski definition) is 5. The third-order valence-corrected chi connectivity index (χ3v) is 6.29. The van der Waals surface area contributed by atoms with Gasteiger partial charge in [-0.3, -0.25) is 14.3 Å². The number of carbonyl (C=O) groups is 2. The molecule has 0 aliphatic rings. The standard InChI is InChI=1S/C25H21F3N4O5S/c1-37-22-12-19(25(26,27)28)17(11-18(22)23(29)33)13-4-3-5-16(8-13)32-20-10-15(31-38(2,35)36)7-6-14(20)9-21(32)24(30)34/h3-12,31H,1-2H3,(H2,29,33)(H2,30,34). The number of sulfonamides is 1. The largest absolute Gasteiger partial charge is 0.496 e. The van der Waals surface area contributed by atoms with Gasteiger partial charge in [-0.1, -0.05) is 18.2 Å². The molecular formula is C25H21F3N4O5S. The number of nitrogens with one attached hydrogen (secondary N) is 1. The van der Waals surface area contributed by atoms with E-state index in [1.54, 1.807) is 6.07 Å². The Balaban J connectivity index is 1.99. The molecule has 198 valence electrons. The van der Waals surface area contributed by atoms with Gasteiger partial charge in [0.15, 0.2) is 0 Å². The number of benzene rings is 3. The van der Waals surface area contributed by atoms with Crippen molar-refractivity contribution in [1.82, 2.24) is 4.57 Å². The molecule has 2 amide bonds. The van der Waals surface area contributed by atoms with Gasteiger partial charge in [0.2, 0.25) is 10.0 Å². The Morgan fingerprint density at radius 2 is 1.68 bits per heavy atom. The molecular weight excluding hydrogens is 525 g/mol. The van der Waals surface area contributed by atoms with Gasteiger partial charge in [0.05, 0.1) is 35.7 Å². The average molecular weight is 547 g/mol. The molecule has 0 aliphatic heterocycles. The lowest BCUT2D eigenvalue weighted by Gasteiger charge is -2.18. The van der Waals surface area contributed by atoms with E-state index in [0.717, 1.165) is 19.4 Å². The Labute approximate surface area is 214 Å². The van der Waals surface area contributed by atoms with Crippen LogP contribution in [0.2, 0.25) is 0 Å². The molecule has 0 atom stereocenters. The fourth-order valence-electron chi connectivity index (χ4n) is 4.17. The van der Waals surface area contributed by atoms with Crippen LogP contribution in [0.3, 0.4) is 0 Å². The average Bonchev–Trinajstić information content (AvgIpc) is 3.20. The summed E-state index contributed by atoms with van der Waals surface area (Å²) < 4.78 is 74.2. The van der Waals surface area contributed by atoms with Gasteiger partial charge in [-0.05, 0) is 53.6 Å². The van der Waals surface area contributed by atoms with Crippen molar-refractivity contribution in [1.29, 1.82) is 0 Å². The second-order valence-corrected chi connectivity index (χ2v) is 10.1. The van der Waals surface area contributed by atoms with E-state index in [1.807, 2.05) is 0 Å². The lowest BCUT2D eigenvalue weighted by Crippen LogP contribution is -2.16. The van der Waals surface area contributed by atoms with E-state index in [9.17, 15) is 31.2 Å². The van der Waals surface area contributed by atoms with Crippen LogP contribution in [-0.2, 0) is 16.2 Å². The first-order valence-corrected chi connectivity index (χ1v) is 12.7. The molecule has 0 fully saturated rings. The number of methoxy groups -OCH3 is 1. The van der Waals surface area contributed by atoms with Crippen molar-refractivity contribution in [2.24, 2.45) is 11.5 Å². The minimum atomic E-state index is -4.81. The van der Waals surface area contributed by atoms with Crippen LogP contribution in [0.5, 0.6) is 5.75 Å². The maximum Gasteiger partial charge on any atom is 0.417 e.